The number of nitrogens with zero attached hydrogens (tertiary/aromatic N) is 1. The van der Waals surface area contributed by atoms with Gasteiger partial charge in [-0.15, -0.1) is 0 Å². The highest BCUT2D eigenvalue weighted by atomic mass is 35.5. The third-order valence-electron chi connectivity index (χ3n) is 3.16. The van der Waals surface area contributed by atoms with Crippen molar-refractivity contribution in [1.29, 1.82) is 0 Å². The summed E-state index contributed by atoms with van der Waals surface area (Å²) in [6, 6.07) is 3.02. The van der Waals surface area contributed by atoms with Crippen molar-refractivity contribution < 1.29 is 14.7 Å². The maximum absolute atomic E-state index is 12.0. The fourth-order valence-corrected chi connectivity index (χ4v) is 2.19. The Balaban J connectivity index is 2.48. The van der Waals surface area contributed by atoms with Gasteiger partial charge in [-0.1, -0.05) is 37.0 Å². The van der Waals surface area contributed by atoms with E-state index in [0.29, 0.717) is 19.4 Å². The third-order valence-corrected chi connectivity index (χ3v) is 3.66. The molecule has 116 valence electrons. The number of halogens is 2. The molecule has 1 amide bonds. The zero-order valence-electron chi connectivity index (χ0n) is 11.9. The summed E-state index contributed by atoms with van der Waals surface area (Å²) in [7, 11) is 0. The average molecular weight is 333 g/mol. The molecule has 0 aliphatic heterocycles. The summed E-state index contributed by atoms with van der Waals surface area (Å²) in [5.41, 5.74) is 0.109. The lowest BCUT2D eigenvalue weighted by Gasteiger charge is -2.23. The van der Waals surface area contributed by atoms with Gasteiger partial charge in [0.15, 0.2) is 0 Å². The van der Waals surface area contributed by atoms with Crippen molar-refractivity contribution in [1.82, 2.24) is 10.3 Å². The van der Waals surface area contributed by atoms with E-state index in [-0.39, 0.29) is 33.6 Å². The highest BCUT2D eigenvalue weighted by Gasteiger charge is 2.20. The molecule has 0 atom stereocenters. The van der Waals surface area contributed by atoms with Gasteiger partial charge in [0.2, 0.25) is 0 Å². The molecule has 0 radical (unpaired) electrons. The van der Waals surface area contributed by atoms with Crippen LogP contribution in [0, 0.1) is 5.41 Å². The number of hydrogen-bond acceptors (Lipinski definition) is 3. The minimum atomic E-state index is -0.814. The number of carboxylic acids is 1. The molecule has 1 heterocycles. The Kier molecular flexibility index (Phi) is 6.42. The molecule has 0 spiro atoms. The molecule has 0 aliphatic carbocycles. The van der Waals surface area contributed by atoms with Crippen molar-refractivity contribution in [2.45, 2.75) is 33.1 Å². The molecule has 7 heteroatoms. The largest absolute Gasteiger partial charge is 0.481 e. The molecular formula is C14H18Cl2N2O3. The molecule has 2 N–H and O–H groups in total. The fourth-order valence-electron chi connectivity index (χ4n) is 1.76. The predicted molar refractivity (Wildman–Crippen MR) is 81.9 cm³/mol. The van der Waals surface area contributed by atoms with E-state index in [9.17, 15) is 9.59 Å². The van der Waals surface area contributed by atoms with Gasteiger partial charge in [-0.05, 0) is 30.4 Å². The number of aromatic nitrogens is 1. The van der Waals surface area contributed by atoms with Crippen LogP contribution in [0.4, 0.5) is 0 Å². The summed E-state index contributed by atoms with van der Waals surface area (Å²) in [4.78, 5) is 26.3. The summed E-state index contributed by atoms with van der Waals surface area (Å²) < 4.78 is 0. The zero-order valence-corrected chi connectivity index (χ0v) is 13.5. The number of rotatable bonds is 7. The predicted octanol–water partition coefficient (Wildman–Crippen LogP) is 3.40. The monoisotopic (exact) mass is 332 g/mol. The first-order chi connectivity index (χ1) is 9.71. The van der Waals surface area contributed by atoms with Gasteiger partial charge in [0, 0.05) is 13.0 Å². The number of carbonyl (C=O) groups excluding carboxylic acids is 1. The van der Waals surface area contributed by atoms with Crippen molar-refractivity contribution in [2.75, 3.05) is 6.54 Å². The maximum atomic E-state index is 12.0. The molecule has 1 aromatic rings. The summed E-state index contributed by atoms with van der Waals surface area (Å²) in [5, 5.41) is 11.7. The number of carboxylic acid groups (broad SMARTS) is 1. The van der Waals surface area contributed by atoms with Gasteiger partial charge in [-0.25, -0.2) is 4.98 Å². The normalized spacial score (nSPS) is 11.2. The number of amides is 1. The van der Waals surface area contributed by atoms with Gasteiger partial charge in [-0.3, -0.25) is 9.59 Å². The molecule has 0 saturated carbocycles. The third kappa shape index (κ3) is 6.31. The number of pyridine rings is 1. The Labute approximate surface area is 133 Å². The van der Waals surface area contributed by atoms with Gasteiger partial charge in [0.05, 0.1) is 5.56 Å². The van der Waals surface area contributed by atoms with E-state index in [0.717, 1.165) is 0 Å². The standard InChI is InChI=1S/C14H18Cl2N2O3/c1-14(2,6-5-11(19)20)7-8-17-13(21)9-3-4-10(15)18-12(9)16/h3-4H,5-8H2,1-2H3,(H,17,21)(H,19,20). The Bertz CT molecular complexity index is 533. The van der Waals surface area contributed by atoms with Crippen molar-refractivity contribution in [3.63, 3.8) is 0 Å². The molecule has 5 nitrogen and oxygen atoms in total. The Hall–Kier alpha value is -1.33. The molecule has 0 unspecified atom stereocenters. The zero-order chi connectivity index (χ0) is 16.0. The number of carbonyl (C=O) groups is 2. The minimum Gasteiger partial charge on any atom is -0.481 e. The molecule has 0 aromatic carbocycles. The van der Waals surface area contributed by atoms with Gasteiger partial charge < -0.3 is 10.4 Å². The summed E-state index contributed by atoms with van der Waals surface area (Å²) in [5.74, 6) is -1.13. The Morgan fingerprint density at radius 1 is 1.29 bits per heavy atom. The van der Waals surface area contributed by atoms with E-state index < -0.39 is 5.97 Å². The van der Waals surface area contributed by atoms with Crippen LogP contribution in [0.2, 0.25) is 10.3 Å². The molecule has 0 saturated heterocycles. The highest BCUT2D eigenvalue weighted by molar-refractivity contribution is 6.34. The SMILES string of the molecule is CC(C)(CCNC(=O)c1ccc(Cl)nc1Cl)CCC(=O)O. The van der Waals surface area contributed by atoms with E-state index in [1.807, 2.05) is 13.8 Å². The van der Waals surface area contributed by atoms with Crippen LogP contribution in [0.1, 0.15) is 43.5 Å². The van der Waals surface area contributed by atoms with Crippen molar-refractivity contribution >= 4 is 35.1 Å². The summed E-state index contributed by atoms with van der Waals surface area (Å²) >= 11 is 11.5. The van der Waals surface area contributed by atoms with Crippen LogP contribution in [-0.2, 0) is 4.79 Å². The van der Waals surface area contributed by atoms with E-state index in [4.69, 9.17) is 28.3 Å². The van der Waals surface area contributed by atoms with Crippen LogP contribution < -0.4 is 5.32 Å². The van der Waals surface area contributed by atoms with Crippen LogP contribution in [0.3, 0.4) is 0 Å². The second-order valence-corrected chi connectivity index (χ2v) is 6.28. The lowest BCUT2D eigenvalue weighted by Crippen LogP contribution is -2.28. The Morgan fingerprint density at radius 3 is 2.52 bits per heavy atom. The smallest absolute Gasteiger partial charge is 0.303 e. The van der Waals surface area contributed by atoms with E-state index in [1.54, 1.807) is 0 Å². The van der Waals surface area contributed by atoms with Crippen molar-refractivity contribution in [2.24, 2.45) is 5.41 Å². The van der Waals surface area contributed by atoms with Crippen LogP contribution in [0.15, 0.2) is 12.1 Å². The highest BCUT2D eigenvalue weighted by Crippen LogP contribution is 2.26. The van der Waals surface area contributed by atoms with Gasteiger partial charge in [0.1, 0.15) is 10.3 Å². The van der Waals surface area contributed by atoms with Crippen molar-refractivity contribution in [3.05, 3.63) is 28.0 Å². The molecule has 1 rings (SSSR count). The topological polar surface area (TPSA) is 79.3 Å². The maximum Gasteiger partial charge on any atom is 0.303 e. The first kappa shape index (κ1) is 17.7. The minimum absolute atomic E-state index is 0.0603. The van der Waals surface area contributed by atoms with Crippen LogP contribution in [0.25, 0.3) is 0 Å². The fraction of sp³-hybridized carbons (Fsp3) is 0.500. The second-order valence-electron chi connectivity index (χ2n) is 5.54. The average Bonchev–Trinajstić information content (AvgIpc) is 2.36. The number of aliphatic carboxylic acids is 1. The molecule has 1 aromatic heterocycles. The van der Waals surface area contributed by atoms with E-state index in [1.165, 1.54) is 12.1 Å². The van der Waals surface area contributed by atoms with Crippen LogP contribution in [-0.4, -0.2) is 28.5 Å². The first-order valence-corrected chi connectivity index (χ1v) is 7.29. The summed E-state index contributed by atoms with van der Waals surface area (Å²) in [6.45, 7) is 4.38. The molecule has 0 fully saturated rings. The Morgan fingerprint density at radius 2 is 1.95 bits per heavy atom. The summed E-state index contributed by atoms with van der Waals surface area (Å²) in [6.07, 6.45) is 1.35. The van der Waals surface area contributed by atoms with Crippen molar-refractivity contribution in [3.8, 4) is 0 Å². The first-order valence-electron chi connectivity index (χ1n) is 6.53. The van der Waals surface area contributed by atoms with Crippen LogP contribution >= 0.6 is 23.2 Å². The van der Waals surface area contributed by atoms with Gasteiger partial charge >= 0.3 is 5.97 Å². The van der Waals surface area contributed by atoms with Crippen LogP contribution in [0.5, 0.6) is 0 Å². The molecule has 0 bridgehead atoms. The van der Waals surface area contributed by atoms with E-state index >= 15 is 0 Å². The van der Waals surface area contributed by atoms with Gasteiger partial charge in [0.25, 0.3) is 5.91 Å². The second kappa shape index (κ2) is 7.61. The lowest BCUT2D eigenvalue weighted by atomic mass is 9.84. The molecule has 21 heavy (non-hydrogen) atoms. The number of hydrogen-bond donors (Lipinski definition) is 2. The quantitative estimate of drug-likeness (QED) is 0.750. The van der Waals surface area contributed by atoms with Gasteiger partial charge in [-0.2, -0.15) is 0 Å². The lowest BCUT2D eigenvalue weighted by molar-refractivity contribution is -0.137. The van der Waals surface area contributed by atoms with E-state index in [2.05, 4.69) is 10.3 Å². The molecular weight excluding hydrogens is 315 g/mol. The number of nitrogens with one attached hydrogen (secondary N) is 1. The molecule has 0 aliphatic rings.